The van der Waals surface area contributed by atoms with E-state index in [2.05, 4.69) is 18.1 Å². The second-order valence-electron chi connectivity index (χ2n) is 9.56. The molecule has 0 bridgehead atoms. The molecule has 1 aromatic carbocycles. The van der Waals surface area contributed by atoms with E-state index < -0.39 is 0 Å². The molecule has 1 unspecified atom stereocenters. The van der Waals surface area contributed by atoms with Crippen LogP contribution in [0.3, 0.4) is 0 Å². The number of fused-ring (bicyclic) bond motifs is 5. The predicted octanol–water partition coefficient (Wildman–Crippen LogP) is 4.31. The van der Waals surface area contributed by atoms with E-state index in [1.807, 2.05) is 6.07 Å². The third kappa shape index (κ3) is 3.91. The molecule has 5 atom stereocenters. The molecule has 0 aromatic heterocycles. The maximum Gasteiger partial charge on any atom is 0.117 e. The lowest BCUT2D eigenvalue weighted by Gasteiger charge is -2.50. The molecule has 3 aliphatic rings. The van der Waals surface area contributed by atoms with Gasteiger partial charge in [0.1, 0.15) is 12.4 Å². The summed E-state index contributed by atoms with van der Waals surface area (Å²) in [5.41, 5.74) is 8.89. The lowest BCUT2D eigenvalue weighted by Crippen LogP contribution is -2.45. The molecular formula is C24H36N2O3. The Hall–Kier alpha value is -1.59. The van der Waals surface area contributed by atoms with E-state index in [1.165, 1.54) is 5.56 Å². The van der Waals surface area contributed by atoms with Crippen molar-refractivity contribution in [1.29, 1.82) is 0 Å². The first-order valence-electron chi connectivity index (χ1n) is 11.4. The summed E-state index contributed by atoms with van der Waals surface area (Å²) in [5.74, 6) is 1.80. The fourth-order valence-electron chi connectivity index (χ4n) is 6.26. The van der Waals surface area contributed by atoms with Gasteiger partial charge in [0.25, 0.3) is 0 Å². The number of phenols is 1. The van der Waals surface area contributed by atoms with Gasteiger partial charge in [0, 0.05) is 5.56 Å². The van der Waals surface area contributed by atoms with Crippen LogP contribution in [0.5, 0.6) is 5.75 Å². The van der Waals surface area contributed by atoms with Gasteiger partial charge in [-0.1, -0.05) is 24.6 Å². The summed E-state index contributed by atoms with van der Waals surface area (Å²) in [6.07, 6.45) is 9.19. The number of benzene rings is 1. The summed E-state index contributed by atoms with van der Waals surface area (Å²) in [6.45, 7) is 3.66. The van der Waals surface area contributed by atoms with E-state index in [9.17, 15) is 10.2 Å². The predicted molar refractivity (Wildman–Crippen MR) is 115 cm³/mol. The summed E-state index contributed by atoms with van der Waals surface area (Å²) in [7, 11) is 0. The zero-order chi connectivity index (χ0) is 20.4. The standard InChI is InChI=1S/C24H36N2O3/c1-24-11-10-18-17-7-6-16(27)14-20(17)22(26-29-13-5-3-2-4-12-25)15-19(18)21(24)8-9-23(24)28/h6-7,14,18-19,21,23,27-28H,2-5,8-13,15,25H2,1H3/t18-,19-,21+,23?,24+/m1/s1. The Morgan fingerprint density at radius 3 is 2.83 bits per heavy atom. The highest BCUT2D eigenvalue weighted by Gasteiger charge is 2.55. The number of nitrogens with zero attached hydrogens (tertiary/aromatic N) is 1. The minimum absolute atomic E-state index is 0.0323. The third-order valence-electron chi connectivity index (χ3n) is 7.93. The minimum atomic E-state index is -0.181. The van der Waals surface area contributed by atoms with Gasteiger partial charge in [0.2, 0.25) is 0 Å². The summed E-state index contributed by atoms with van der Waals surface area (Å²) in [4.78, 5) is 5.71. The normalized spacial score (nSPS) is 34.5. The Bertz CT molecular complexity index is 750. The Balaban J connectivity index is 1.53. The summed E-state index contributed by atoms with van der Waals surface area (Å²) >= 11 is 0. The van der Waals surface area contributed by atoms with Crippen molar-refractivity contribution in [2.45, 2.75) is 76.7 Å². The van der Waals surface area contributed by atoms with Crippen LogP contribution < -0.4 is 5.73 Å². The van der Waals surface area contributed by atoms with E-state index >= 15 is 0 Å². The fourth-order valence-corrected chi connectivity index (χ4v) is 6.26. The van der Waals surface area contributed by atoms with Crippen LogP contribution in [-0.4, -0.2) is 35.2 Å². The first-order valence-corrected chi connectivity index (χ1v) is 11.4. The van der Waals surface area contributed by atoms with Gasteiger partial charge >= 0.3 is 0 Å². The molecule has 5 heteroatoms. The van der Waals surface area contributed by atoms with Crippen LogP contribution >= 0.6 is 0 Å². The molecule has 5 nitrogen and oxygen atoms in total. The first kappa shape index (κ1) is 20.7. The van der Waals surface area contributed by atoms with Gasteiger partial charge in [-0.2, -0.15) is 0 Å². The molecule has 4 N–H and O–H groups in total. The first-order chi connectivity index (χ1) is 14.0. The molecule has 0 heterocycles. The Labute approximate surface area is 174 Å². The van der Waals surface area contributed by atoms with Crippen molar-refractivity contribution < 1.29 is 15.1 Å². The number of hydrogen-bond acceptors (Lipinski definition) is 5. The second kappa shape index (κ2) is 8.65. The number of nitrogens with two attached hydrogens (primary N) is 1. The van der Waals surface area contributed by atoms with Crippen LogP contribution in [-0.2, 0) is 4.84 Å². The third-order valence-corrected chi connectivity index (χ3v) is 7.93. The van der Waals surface area contributed by atoms with Gasteiger partial charge < -0.3 is 20.8 Å². The van der Waals surface area contributed by atoms with E-state index in [4.69, 9.17) is 10.6 Å². The van der Waals surface area contributed by atoms with Gasteiger partial charge in [-0.25, -0.2) is 0 Å². The van der Waals surface area contributed by atoms with E-state index in [-0.39, 0.29) is 17.3 Å². The lowest BCUT2D eigenvalue weighted by atomic mass is 9.55. The highest BCUT2D eigenvalue weighted by atomic mass is 16.6. The maximum absolute atomic E-state index is 10.6. The molecule has 160 valence electrons. The Kier molecular flexibility index (Phi) is 6.16. The SMILES string of the molecule is C[C@]12CC[C@@H]3c4ccc(O)cc4C(=NOCCCCCCN)C[C@H]3[C@@H]1CCC2O. The maximum atomic E-state index is 10.6. The Morgan fingerprint density at radius 1 is 1.17 bits per heavy atom. The van der Waals surface area contributed by atoms with Crippen LogP contribution in [0, 0.1) is 17.3 Å². The summed E-state index contributed by atoms with van der Waals surface area (Å²) in [5, 5.41) is 25.3. The smallest absolute Gasteiger partial charge is 0.117 e. The number of aliphatic hydroxyl groups excluding tert-OH is 1. The highest BCUT2D eigenvalue weighted by Crippen LogP contribution is 2.61. The molecule has 2 fully saturated rings. The second-order valence-corrected chi connectivity index (χ2v) is 9.56. The molecule has 29 heavy (non-hydrogen) atoms. The molecule has 0 spiro atoms. The van der Waals surface area contributed by atoms with Crippen LogP contribution in [0.1, 0.15) is 81.8 Å². The molecule has 4 rings (SSSR count). The zero-order valence-corrected chi connectivity index (χ0v) is 17.6. The highest BCUT2D eigenvalue weighted by molar-refractivity contribution is 6.03. The molecule has 0 radical (unpaired) electrons. The quantitative estimate of drug-likeness (QED) is 0.470. The molecule has 1 aromatic rings. The number of phenolic OH excluding ortho intramolecular Hbond substituents is 1. The van der Waals surface area contributed by atoms with Crippen molar-refractivity contribution in [2.75, 3.05) is 13.2 Å². The lowest BCUT2D eigenvalue weighted by molar-refractivity contribution is -0.0179. The topological polar surface area (TPSA) is 88.1 Å². The van der Waals surface area contributed by atoms with Gasteiger partial charge in [-0.3, -0.25) is 0 Å². The van der Waals surface area contributed by atoms with Crippen molar-refractivity contribution >= 4 is 5.71 Å². The zero-order valence-electron chi connectivity index (χ0n) is 17.6. The van der Waals surface area contributed by atoms with E-state index in [0.717, 1.165) is 75.6 Å². The number of aliphatic hydroxyl groups is 1. The number of aromatic hydroxyl groups is 1. The van der Waals surface area contributed by atoms with Gasteiger partial charge in [-0.15, -0.1) is 0 Å². The molecule has 0 amide bonds. The summed E-state index contributed by atoms with van der Waals surface area (Å²) < 4.78 is 0. The van der Waals surface area contributed by atoms with Crippen LogP contribution in [0.15, 0.2) is 23.4 Å². The number of rotatable bonds is 7. The molecule has 3 aliphatic carbocycles. The molecule has 0 aliphatic heterocycles. The monoisotopic (exact) mass is 400 g/mol. The number of unbranched alkanes of at least 4 members (excludes halogenated alkanes) is 3. The van der Waals surface area contributed by atoms with Crippen molar-refractivity contribution in [3.8, 4) is 5.75 Å². The fraction of sp³-hybridized carbons (Fsp3) is 0.708. The van der Waals surface area contributed by atoms with E-state index in [1.54, 1.807) is 6.07 Å². The largest absolute Gasteiger partial charge is 0.508 e. The van der Waals surface area contributed by atoms with Crippen LogP contribution in [0.4, 0.5) is 0 Å². The molecule has 0 saturated heterocycles. The van der Waals surface area contributed by atoms with E-state index in [0.29, 0.717) is 24.4 Å². The van der Waals surface area contributed by atoms with Gasteiger partial charge in [0.05, 0.1) is 11.8 Å². The van der Waals surface area contributed by atoms with Crippen LogP contribution in [0.25, 0.3) is 0 Å². The van der Waals surface area contributed by atoms with Crippen LogP contribution in [0.2, 0.25) is 0 Å². The van der Waals surface area contributed by atoms with Crippen molar-refractivity contribution in [2.24, 2.45) is 28.1 Å². The minimum Gasteiger partial charge on any atom is -0.508 e. The van der Waals surface area contributed by atoms with Gasteiger partial charge in [0.15, 0.2) is 0 Å². The average Bonchev–Trinajstić information content (AvgIpc) is 3.02. The van der Waals surface area contributed by atoms with Crippen molar-refractivity contribution in [3.63, 3.8) is 0 Å². The number of hydrogen-bond donors (Lipinski definition) is 3. The number of oxime groups is 1. The van der Waals surface area contributed by atoms with Crippen molar-refractivity contribution in [1.82, 2.24) is 0 Å². The van der Waals surface area contributed by atoms with Gasteiger partial charge in [-0.05, 0) is 98.8 Å². The molecule has 2 saturated carbocycles. The Morgan fingerprint density at radius 2 is 2.00 bits per heavy atom. The average molecular weight is 401 g/mol. The van der Waals surface area contributed by atoms with Crippen molar-refractivity contribution in [3.05, 3.63) is 29.3 Å². The molecular weight excluding hydrogens is 364 g/mol. The summed E-state index contributed by atoms with van der Waals surface area (Å²) in [6, 6.07) is 5.73.